The van der Waals surface area contributed by atoms with E-state index in [4.69, 9.17) is 5.11 Å². The molecule has 0 aromatic rings. The molecule has 0 aliphatic heterocycles. The Morgan fingerprint density at radius 1 is 1.31 bits per heavy atom. The average molecular weight is 196 g/mol. The summed E-state index contributed by atoms with van der Waals surface area (Å²) in [6, 6.07) is 0. The fraction of sp³-hybridized carbons (Fsp3) is 1.00. The van der Waals surface area contributed by atoms with E-state index in [0.717, 1.165) is 0 Å². The lowest BCUT2D eigenvalue weighted by Crippen LogP contribution is -2.41. The van der Waals surface area contributed by atoms with E-state index in [1.165, 1.54) is 7.85 Å². The van der Waals surface area contributed by atoms with Gasteiger partial charge in [-0.15, -0.1) is 0 Å². The second kappa shape index (κ2) is 2.88. The Labute approximate surface area is 75.2 Å². The smallest absolute Gasteiger partial charge is 0.394 e. The van der Waals surface area contributed by atoms with E-state index in [1.807, 2.05) is 0 Å². The maximum Gasteiger partial charge on any atom is 0.394 e. The minimum absolute atomic E-state index is 0.0622. The van der Waals surface area contributed by atoms with Crippen LogP contribution in [-0.2, 0) is 0 Å². The third-order valence-electron chi connectivity index (χ3n) is 2.51. The molecule has 2 nitrogen and oxygen atoms in total. The first kappa shape index (κ1) is 10.9. The number of alkyl halides is 3. The Hall–Kier alpha value is -0.225. The molecule has 0 aromatic carbocycles. The highest BCUT2D eigenvalue weighted by molar-refractivity contribution is 6.14. The molecule has 0 bridgehead atoms. The van der Waals surface area contributed by atoms with Crippen LogP contribution in [0.2, 0.25) is 0 Å². The standard InChI is InChI=1S/C7H12BF3O2/c8-6(13,4-12)3-5(1-2-5)7(9,10)11/h12-13H,1-4,8H2. The predicted molar refractivity (Wildman–Crippen MR) is 42.9 cm³/mol. The van der Waals surface area contributed by atoms with Gasteiger partial charge in [-0.3, -0.25) is 0 Å². The zero-order valence-electron chi connectivity index (χ0n) is 7.36. The minimum atomic E-state index is -4.26. The normalized spacial score (nSPS) is 25.3. The van der Waals surface area contributed by atoms with E-state index in [2.05, 4.69) is 0 Å². The third kappa shape index (κ3) is 2.17. The molecule has 1 unspecified atom stereocenters. The Kier molecular flexibility index (Phi) is 2.41. The molecule has 1 rings (SSSR count). The molecule has 0 amide bonds. The van der Waals surface area contributed by atoms with Gasteiger partial charge in [0.2, 0.25) is 0 Å². The molecule has 0 heterocycles. The van der Waals surface area contributed by atoms with Crippen LogP contribution in [0, 0.1) is 5.41 Å². The first-order valence-corrected chi connectivity index (χ1v) is 4.12. The molecule has 13 heavy (non-hydrogen) atoms. The van der Waals surface area contributed by atoms with Gasteiger partial charge >= 0.3 is 6.18 Å². The molecule has 76 valence electrons. The van der Waals surface area contributed by atoms with Crippen molar-refractivity contribution in [1.82, 2.24) is 0 Å². The Morgan fingerprint density at radius 2 is 1.77 bits per heavy atom. The second-order valence-corrected chi connectivity index (χ2v) is 4.11. The zero-order chi connectivity index (χ0) is 10.3. The summed E-state index contributed by atoms with van der Waals surface area (Å²) >= 11 is 0. The number of hydrogen-bond acceptors (Lipinski definition) is 2. The summed E-state index contributed by atoms with van der Waals surface area (Å²) in [5.41, 5.74) is -3.36. The van der Waals surface area contributed by atoms with E-state index >= 15 is 0 Å². The van der Waals surface area contributed by atoms with Gasteiger partial charge in [-0.1, -0.05) is 0 Å². The number of halogens is 3. The Balaban J connectivity index is 2.64. The van der Waals surface area contributed by atoms with Gasteiger partial charge in [0.05, 0.1) is 17.5 Å². The van der Waals surface area contributed by atoms with Crippen molar-refractivity contribution >= 4 is 7.85 Å². The summed E-state index contributed by atoms with van der Waals surface area (Å²) in [5.74, 6) is 0. The number of aliphatic hydroxyl groups is 2. The van der Waals surface area contributed by atoms with Gasteiger partial charge < -0.3 is 10.2 Å². The van der Waals surface area contributed by atoms with E-state index < -0.39 is 30.1 Å². The number of rotatable bonds is 3. The monoisotopic (exact) mass is 196 g/mol. The van der Waals surface area contributed by atoms with Crippen LogP contribution in [0.25, 0.3) is 0 Å². The lowest BCUT2D eigenvalue weighted by molar-refractivity contribution is -0.198. The maximum atomic E-state index is 12.4. The van der Waals surface area contributed by atoms with Crippen molar-refractivity contribution in [2.24, 2.45) is 5.41 Å². The van der Waals surface area contributed by atoms with Crippen LogP contribution in [-0.4, -0.2) is 36.3 Å². The fourth-order valence-corrected chi connectivity index (χ4v) is 1.50. The number of hydrogen-bond donors (Lipinski definition) is 2. The zero-order valence-corrected chi connectivity index (χ0v) is 7.36. The van der Waals surface area contributed by atoms with Gasteiger partial charge in [0.1, 0.15) is 7.85 Å². The van der Waals surface area contributed by atoms with Crippen LogP contribution in [0.1, 0.15) is 19.3 Å². The summed E-state index contributed by atoms with van der Waals surface area (Å²) in [6.45, 7) is -0.634. The molecule has 2 N–H and O–H groups in total. The van der Waals surface area contributed by atoms with Gasteiger partial charge in [0.15, 0.2) is 0 Å². The molecule has 1 aliphatic carbocycles. The van der Waals surface area contributed by atoms with Crippen LogP contribution in [0.5, 0.6) is 0 Å². The van der Waals surface area contributed by atoms with Crippen molar-refractivity contribution in [1.29, 1.82) is 0 Å². The Bertz CT molecular complexity index is 198. The molecule has 0 spiro atoms. The van der Waals surface area contributed by atoms with Crippen molar-refractivity contribution in [3.8, 4) is 0 Å². The molecule has 1 saturated carbocycles. The molecule has 1 fully saturated rings. The largest absolute Gasteiger partial charge is 0.397 e. The van der Waals surface area contributed by atoms with Crippen LogP contribution in [0.15, 0.2) is 0 Å². The first-order valence-electron chi connectivity index (χ1n) is 4.12. The molecule has 0 aromatic heterocycles. The average Bonchev–Trinajstić information content (AvgIpc) is 2.67. The highest BCUT2D eigenvalue weighted by atomic mass is 19.4. The van der Waals surface area contributed by atoms with Crippen LogP contribution >= 0.6 is 0 Å². The van der Waals surface area contributed by atoms with E-state index in [0.29, 0.717) is 0 Å². The second-order valence-electron chi connectivity index (χ2n) is 4.11. The molecule has 0 radical (unpaired) electrons. The van der Waals surface area contributed by atoms with Gasteiger partial charge in [-0.05, 0) is 19.3 Å². The summed E-state index contributed by atoms with van der Waals surface area (Å²) < 4.78 is 37.1. The molecular formula is C7H12BF3O2. The molecular weight excluding hydrogens is 184 g/mol. The molecule has 1 atom stereocenters. The van der Waals surface area contributed by atoms with Crippen LogP contribution in [0.3, 0.4) is 0 Å². The first-order chi connectivity index (χ1) is 5.72. The van der Waals surface area contributed by atoms with Crippen molar-refractivity contribution < 1.29 is 23.4 Å². The third-order valence-corrected chi connectivity index (χ3v) is 2.51. The van der Waals surface area contributed by atoms with E-state index in [9.17, 15) is 18.3 Å². The van der Waals surface area contributed by atoms with Crippen LogP contribution < -0.4 is 0 Å². The summed E-state index contributed by atoms with van der Waals surface area (Å²) in [5, 5.41) is 17.9. The lowest BCUT2D eigenvalue weighted by atomic mass is 9.74. The SMILES string of the molecule is BC(O)(CO)CC1(C(F)(F)F)CC1. The van der Waals surface area contributed by atoms with Gasteiger partial charge in [0.25, 0.3) is 0 Å². The molecule has 6 heteroatoms. The van der Waals surface area contributed by atoms with Crippen molar-refractivity contribution in [3.05, 3.63) is 0 Å². The Morgan fingerprint density at radius 3 is 2.00 bits per heavy atom. The molecule has 0 saturated heterocycles. The highest BCUT2D eigenvalue weighted by Gasteiger charge is 2.64. The predicted octanol–water partition coefficient (Wildman–Crippen LogP) is 0.0330. The van der Waals surface area contributed by atoms with Crippen molar-refractivity contribution in [2.75, 3.05) is 6.61 Å². The van der Waals surface area contributed by atoms with Crippen molar-refractivity contribution in [3.63, 3.8) is 0 Å². The van der Waals surface area contributed by atoms with E-state index in [1.54, 1.807) is 0 Å². The minimum Gasteiger partial charge on any atom is -0.397 e. The van der Waals surface area contributed by atoms with Gasteiger partial charge in [-0.25, -0.2) is 0 Å². The highest BCUT2D eigenvalue weighted by Crippen LogP contribution is 2.61. The summed E-state index contributed by atoms with van der Waals surface area (Å²) in [6.07, 6.45) is -4.54. The van der Waals surface area contributed by atoms with Crippen molar-refractivity contribution in [2.45, 2.75) is 30.9 Å². The van der Waals surface area contributed by atoms with Crippen LogP contribution in [0.4, 0.5) is 13.2 Å². The summed E-state index contributed by atoms with van der Waals surface area (Å²) in [4.78, 5) is 0. The maximum absolute atomic E-state index is 12.4. The van der Waals surface area contributed by atoms with E-state index in [-0.39, 0.29) is 12.8 Å². The summed E-state index contributed by atoms with van der Waals surface area (Å²) in [7, 11) is 1.22. The topological polar surface area (TPSA) is 40.5 Å². The fourth-order valence-electron chi connectivity index (χ4n) is 1.50. The van der Waals surface area contributed by atoms with Gasteiger partial charge in [-0.2, -0.15) is 13.2 Å². The van der Waals surface area contributed by atoms with Gasteiger partial charge in [0, 0.05) is 0 Å². The number of aliphatic hydroxyl groups excluding tert-OH is 1. The molecule has 1 aliphatic rings. The lowest BCUT2D eigenvalue weighted by Gasteiger charge is -2.28. The quantitative estimate of drug-likeness (QED) is 0.625.